The average Bonchev–Trinajstić information content (AvgIpc) is 3.45. The van der Waals surface area contributed by atoms with Crippen LogP contribution in [0.15, 0.2) is 176 Å². The van der Waals surface area contributed by atoms with E-state index in [0.29, 0.717) is 5.82 Å². The number of rotatable bonds is 5. The van der Waals surface area contributed by atoms with Gasteiger partial charge in [-0.1, -0.05) is 153 Å². The summed E-state index contributed by atoms with van der Waals surface area (Å²) in [4.78, 5) is 15.1. The van der Waals surface area contributed by atoms with Crippen LogP contribution >= 0.6 is 0 Å². The molecule has 0 saturated carbocycles. The van der Waals surface area contributed by atoms with Crippen LogP contribution in [0.5, 0.6) is 0 Å². The fraction of sp³-hybridized carbons (Fsp3) is 0.0600. The second kappa shape index (κ2) is 12.2. The SMILES string of the molecule is CC1(C)c2cc3ccccc3cc2-c2c(-c3cc(-c4ccc(-c5ccccc5-c5cccnc5)c5ccccc45)nc(-c4ccccc4)n3)cccc21. The van der Waals surface area contributed by atoms with Gasteiger partial charge in [0.05, 0.1) is 11.4 Å². The Kier molecular flexibility index (Phi) is 7.16. The summed E-state index contributed by atoms with van der Waals surface area (Å²) in [6.45, 7) is 4.69. The van der Waals surface area contributed by atoms with E-state index in [1.165, 1.54) is 49.5 Å². The Morgan fingerprint density at radius 2 is 1.04 bits per heavy atom. The molecule has 0 radical (unpaired) electrons. The van der Waals surface area contributed by atoms with Gasteiger partial charge in [-0.15, -0.1) is 0 Å². The molecule has 53 heavy (non-hydrogen) atoms. The lowest BCUT2D eigenvalue weighted by molar-refractivity contribution is 0.661. The van der Waals surface area contributed by atoms with Crippen molar-refractivity contribution < 1.29 is 0 Å². The highest BCUT2D eigenvalue weighted by Crippen LogP contribution is 2.53. The standard InChI is InChI=1S/C50H35N3/c1-50(2)44-24-12-23-42(48(44)43-28-33-16-6-7-17-34(33)29-45(43)50)47-30-46(52-49(53-47)32-14-4-3-5-15-32)41-26-25-40(38-21-10-11-22-39(38)41)37-20-9-8-19-36(37)35-18-13-27-51-31-35/h3-31H,1-2H3. The van der Waals surface area contributed by atoms with Crippen LogP contribution in [0.4, 0.5) is 0 Å². The van der Waals surface area contributed by atoms with Crippen molar-refractivity contribution in [1.82, 2.24) is 15.0 Å². The van der Waals surface area contributed by atoms with E-state index in [4.69, 9.17) is 9.97 Å². The molecule has 0 atom stereocenters. The normalized spacial score (nSPS) is 12.9. The van der Waals surface area contributed by atoms with Crippen LogP contribution in [-0.2, 0) is 5.41 Å². The first-order chi connectivity index (χ1) is 26.0. The third-order valence-corrected chi connectivity index (χ3v) is 11.0. The van der Waals surface area contributed by atoms with Crippen molar-refractivity contribution in [2.24, 2.45) is 0 Å². The third kappa shape index (κ3) is 5.08. The first kappa shape index (κ1) is 31.1. The highest BCUT2D eigenvalue weighted by atomic mass is 14.9. The first-order valence-corrected chi connectivity index (χ1v) is 18.2. The van der Waals surface area contributed by atoms with Crippen molar-refractivity contribution in [2.45, 2.75) is 19.3 Å². The molecule has 2 heterocycles. The van der Waals surface area contributed by atoms with Crippen molar-refractivity contribution in [2.75, 3.05) is 0 Å². The summed E-state index contributed by atoms with van der Waals surface area (Å²) in [6.07, 6.45) is 3.76. The molecule has 2 aromatic heterocycles. The van der Waals surface area contributed by atoms with Gasteiger partial charge in [-0.2, -0.15) is 0 Å². The van der Waals surface area contributed by atoms with Crippen LogP contribution in [0.2, 0.25) is 0 Å². The third-order valence-electron chi connectivity index (χ3n) is 11.0. The predicted molar refractivity (Wildman–Crippen MR) is 220 cm³/mol. The van der Waals surface area contributed by atoms with Crippen molar-refractivity contribution in [3.05, 3.63) is 187 Å². The van der Waals surface area contributed by atoms with E-state index in [2.05, 4.69) is 170 Å². The molecule has 1 aliphatic rings. The summed E-state index contributed by atoms with van der Waals surface area (Å²) >= 11 is 0. The summed E-state index contributed by atoms with van der Waals surface area (Å²) in [7, 11) is 0. The monoisotopic (exact) mass is 677 g/mol. The summed E-state index contributed by atoms with van der Waals surface area (Å²) in [5.41, 5.74) is 14.6. The van der Waals surface area contributed by atoms with Gasteiger partial charge in [-0.25, -0.2) is 9.97 Å². The van der Waals surface area contributed by atoms with Gasteiger partial charge in [-0.05, 0) is 84.8 Å². The molecule has 0 aliphatic heterocycles. The Labute approximate surface area is 309 Å². The highest BCUT2D eigenvalue weighted by Gasteiger charge is 2.37. The van der Waals surface area contributed by atoms with Gasteiger partial charge >= 0.3 is 0 Å². The van der Waals surface area contributed by atoms with Crippen LogP contribution in [0.3, 0.4) is 0 Å². The number of benzene rings is 7. The Balaban J connectivity index is 1.20. The minimum Gasteiger partial charge on any atom is -0.264 e. The van der Waals surface area contributed by atoms with Gasteiger partial charge in [0.2, 0.25) is 0 Å². The molecule has 7 aromatic carbocycles. The lowest BCUT2D eigenvalue weighted by Crippen LogP contribution is -2.14. The Hall–Kier alpha value is -6.71. The molecule has 0 spiro atoms. The molecular weight excluding hydrogens is 643 g/mol. The van der Waals surface area contributed by atoms with E-state index in [9.17, 15) is 0 Å². The predicted octanol–water partition coefficient (Wildman–Crippen LogP) is 12.8. The van der Waals surface area contributed by atoms with Crippen molar-refractivity contribution >= 4 is 21.5 Å². The number of nitrogens with zero attached hydrogens (tertiary/aromatic N) is 3. The van der Waals surface area contributed by atoms with E-state index in [0.717, 1.165) is 44.6 Å². The van der Waals surface area contributed by atoms with Crippen molar-refractivity contribution in [3.8, 4) is 67.3 Å². The van der Waals surface area contributed by atoms with Crippen LogP contribution in [0.25, 0.3) is 88.8 Å². The molecule has 3 nitrogen and oxygen atoms in total. The Morgan fingerprint density at radius 3 is 1.81 bits per heavy atom. The Bertz CT molecular complexity index is 2860. The number of hydrogen-bond donors (Lipinski definition) is 0. The number of pyridine rings is 1. The largest absolute Gasteiger partial charge is 0.264 e. The van der Waals surface area contributed by atoms with E-state index in [1.807, 2.05) is 24.5 Å². The molecule has 1 aliphatic carbocycles. The second-order valence-corrected chi connectivity index (χ2v) is 14.4. The minimum atomic E-state index is -0.152. The fourth-order valence-electron chi connectivity index (χ4n) is 8.37. The summed E-state index contributed by atoms with van der Waals surface area (Å²) in [5.74, 6) is 0.710. The number of aromatic nitrogens is 3. The van der Waals surface area contributed by atoms with Crippen LogP contribution < -0.4 is 0 Å². The molecule has 0 amide bonds. The lowest BCUT2D eigenvalue weighted by Gasteiger charge is -2.22. The van der Waals surface area contributed by atoms with Gasteiger partial charge in [0, 0.05) is 40.1 Å². The van der Waals surface area contributed by atoms with Gasteiger partial charge < -0.3 is 0 Å². The summed E-state index contributed by atoms with van der Waals surface area (Å²) in [5, 5.41) is 4.83. The summed E-state index contributed by atoms with van der Waals surface area (Å²) < 4.78 is 0. The zero-order chi connectivity index (χ0) is 35.5. The molecule has 0 saturated heterocycles. The molecule has 0 unspecified atom stereocenters. The molecule has 0 fully saturated rings. The highest BCUT2D eigenvalue weighted by molar-refractivity contribution is 6.07. The van der Waals surface area contributed by atoms with Gasteiger partial charge in [-0.3, -0.25) is 4.98 Å². The number of fused-ring (bicyclic) bond motifs is 5. The molecular formula is C50H35N3. The van der Waals surface area contributed by atoms with Gasteiger partial charge in [0.1, 0.15) is 0 Å². The maximum absolute atomic E-state index is 5.33. The molecule has 3 heteroatoms. The first-order valence-electron chi connectivity index (χ1n) is 18.2. The summed E-state index contributed by atoms with van der Waals surface area (Å²) in [6, 6.07) is 58.6. The average molecular weight is 678 g/mol. The zero-order valence-corrected chi connectivity index (χ0v) is 29.6. The number of hydrogen-bond acceptors (Lipinski definition) is 3. The van der Waals surface area contributed by atoms with E-state index in [1.54, 1.807) is 0 Å². The molecule has 9 aromatic rings. The van der Waals surface area contributed by atoms with Crippen LogP contribution in [0, 0.1) is 0 Å². The van der Waals surface area contributed by atoms with Crippen LogP contribution in [0.1, 0.15) is 25.0 Å². The molecule has 10 rings (SSSR count). The lowest BCUT2D eigenvalue weighted by atomic mass is 9.81. The fourth-order valence-corrected chi connectivity index (χ4v) is 8.37. The van der Waals surface area contributed by atoms with Crippen molar-refractivity contribution in [3.63, 3.8) is 0 Å². The van der Waals surface area contributed by atoms with Crippen LogP contribution in [-0.4, -0.2) is 15.0 Å². The quantitative estimate of drug-likeness (QED) is 0.182. The van der Waals surface area contributed by atoms with E-state index >= 15 is 0 Å². The molecule has 250 valence electrons. The molecule has 0 bridgehead atoms. The minimum absolute atomic E-state index is 0.152. The zero-order valence-electron chi connectivity index (χ0n) is 29.6. The molecule has 0 N–H and O–H groups in total. The van der Waals surface area contributed by atoms with Crippen molar-refractivity contribution in [1.29, 1.82) is 0 Å². The Morgan fingerprint density at radius 1 is 0.415 bits per heavy atom. The maximum atomic E-state index is 5.33. The van der Waals surface area contributed by atoms with E-state index in [-0.39, 0.29) is 5.41 Å². The van der Waals surface area contributed by atoms with Gasteiger partial charge in [0.25, 0.3) is 0 Å². The van der Waals surface area contributed by atoms with E-state index < -0.39 is 0 Å². The topological polar surface area (TPSA) is 38.7 Å². The van der Waals surface area contributed by atoms with Gasteiger partial charge in [0.15, 0.2) is 5.82 Å². The second-order valence-electron chi connectivity index (χ2n) is 14.4. The smallest absolute Gasteiger partial charge is 0.160 e. The maximum Gasteiger partial charge on any atom is 0.160 e.